The number of H-pyrrole nitrogens is 1. The molecule has 0 aliphatic carbocycles. The van der Waals surface area contributed by atoms with Gasteiger partial charge in [-0.25, -0.2) is 9.97 Å². The monoisotopic (exact) mass is 307 g/mol. The molecule has 0 radical (unpaired) electrons. The number of nitrogens with two attached hydrogens (primary N) is 1. The highest BCUT2D eigenvalue weighted by Crippen LogP contribution is 2.31. The van der Waals surface area contributed by atoms with Crippen LogP contribution in [0.1, 0.15) is 31.5 Å². The van der Waals surface area contributed by atoms with E-state index in [1.807, 2.05) is 30.5 Å². The normalized spacial score (nSPS) is 21.6. The Bertz CT molecular complexity index is 794. The molecule has 4 rings (SSSR count). The van der Waals surface area contributed by atoms with Crippen molar-refractivity contribution in [3.05, 3.63) is 42.4 Å². The van der Waals surface area contributed by atoms with Crippen molar-refractivity contribution in [1.29, 1.82) is 0 Å². The first-order chi connectivity index (χ1) is 11.2. The number of nitrogen functional groups attached to an aromatic ring is 1. The number of anilines is 1. The highest BCUT2D eigenvalue weighted by atomic mass is 15.0. The Labute approximate surface area is 135 Å². The number of fused-ring (bicyclic) bond motifs is 1. The number of benzene rings is 1. The van der Waals surface area contributed by atoms with E-state index in [0.29, 0.717) is 12.0 Å². The standard InChI is InChI=1S/C18H21N5/c1-11-7-13(5-6-20-11)18-21-10-17-16(23-18)9-15(22-17)12-3-2-4-14(19)8-12/h2-4,8-11,13,20H,5-7,19H2,1H3,(H,21,23). The fourth-order valence-electron chi connectivity index (χ4n) is 3.37. The van der Waals surface area contributed by atoms with Gasteiger partial charge in [0.2, 0.25) is 0 Å². The number of hydrogen-bond acceptors (Lipinski definition) is 4. The third kappa shape index (κ3) is 2.80. The van der Waals surface area contributed by atoms with Gasteiger partial charge in [-0.2, -0.15) is 0 Å². The predicted octanol–water partition coefficient (Wildman–Crippen LogP) is 3.01. The van der Waals surface area contributed by atoms with Gasteiger partial charge in [0.05, 0.1) is 17.6 Å². The number of nitrogens with one attached hydrogen (secondary N) is 2. The summed E-state index contributed by atoms with van der Waals surface area (Å²) >= 11 is 0. The van der Waals surface area contributed by atoms with E-state index in [9.17, 15) is 0 Å². The smallest absolute Gasteiger partial charge is 0.109 e. The molecule has 1 aromatic carbocycles. The van der Waals surface area contributed by atoms with Gasteiger partial charge in [-0.15, -0.1) is 0 Å². The van der Waals surface area contributed by atoms with Gasteiger partial charge in [0.15, 0.2) is 0 Å². The molecule has 0 saturated carbocycles. The van der Waals surface area contributed by atoms with Gasteiger partial charge in [-0.05, 0) is 44.5 Å². The molecule has 5 heteroatoms. The number of nitrogens with zero attached hydrogens (tertiary/aromatic N) is 2. The Hall–Kier alpha value is -2.40. The average Bonchev–Trinajstić information content (AvgIpc) is 2.98. The molecule has 118 valence electrons. The maximum absolute atomic E-state index is 5.87. The van der Waals surface area contributed by atoms with Crippen LogP contribution in [-0.4, -0.2) is 27.5 Å². The van der Waals surface area contributed by atoms with Gasteiger partial charge in [-0.3, -0.25) is 0 Å². The second-order valence-electron chi connectivity index (χ2n) is 6.41. The average molecular weight is 307 g/mol. The molecule has 1 saturated heterocycles. The summed E-state index contributed by atoms with van der Waals surface area (Å²) in [5.74, 6) is 1.55. The van der Waals surface area contributed by atoms with E-state index in [0.717, 1.165) is 53.5 Å². The summed E-state index contributed by atoms with van der Waals surface area (Å²) in [7, 11) is 0. The molecule has 1 fully saturated rings. The number of aromatic amines is 1. The molecule has 5 nitrogen and oxygen atoms in total. The van der Waals surface area contributed by atoms with Crippen LogP contribution in [0.4, 0.5) is 5.69 Å². The van der Waals surface area contributed by atoms with Gasteiger partial charge in [0, 0.05) is 23.2 Å². The zero-order valence-corrected chi connectivity index (χ0v) is 13.2. The van der Waals surface area contributed by atoms with Crippen LogP contribution < -0.4 is 11.1 Å². The largest absolute Gasteiger partial charge is 0.399 e. The first-order valence-corrected chi connectivity index (χ1v) is 8.14. The van der Waals surface area contributed by atoms with Crippen molar-refractivity contribution in [2.24, 2.45) is 0 Å². The van der Waals surface area contributed by atoms with Gasteiger partial charge >= 0.3 is 0 Å². The Morgan fingerprint density at radius 2 is 2.13 bits per heavy atom. The lowest BCUT2D eigenvalue weighted by molar-refractivity contribution is 0.371. The molecule has 0 aromatic heterocycles. The molecule has 2 unspecified atom stereocenters. The van der Waals surface area contributed by atoms with E-state index >= 15 is 0 Å². The summed E-state index contributed by atoms with van der Waals surface area (Å²) in [6.07, 6.45) is 4.12. The molecule has 0 spiro atoms. The third-order valence-electron chi connectivity index (χ3n) is 4.58. The molecular formula is C18H21N5. The first-order valence-electron chi connectivity index (χ1n) is 8.14. The summed E-state index contributed by atoms with van der Waals surface area (Å²) in [5, 5.41) is 3.48. The Kier molecular flexibility index (Phi) is 3.50. The van der Waals surface area contributed by atoms with Gasteiger partial charge in [0.25, 0.3) is 0 Å². The molecule has 3 aliphatic rings. The lowest BCUT2D eigenvalue weighted by Gasteiger charge is -2.27. The first kappa shape index (κ1) is 14.2. The van der Waals surface area contributed by atoms with Crippen LogP contribution in [0.5, 0.6) is 0 Å². The Morgan fingerprint density at radius 3 is 2.96 bits per heavy atom. The second kappa shape index (κ2) is 5.66. The highest BCUT2D eigenvalue weighted by molar-refractivity contribution is 5.72. The van der Waals surface area contributed by atoms with Crippen LogP contribution >= 0.6 is 0 Å². The summed E-state index contributed by atoms with van der Waals surface area (Å²) in [6.45, 7) is 3.28. The molecule has 0 bridgehead atoms. The predicted molar refractivity (Wildman–Crippen MR) is 92.3 cm³/mol. The minimum atomic E-state index is 0.487. The third-order valence-corrected chi connectivity index (χ3v) is 4.58. The van der Waals surface area contributed by atoms with E-state index in [4.69, 9.17) is 5.73 Å². The lowest BCUT2D eigenvalue weighted by atomic mass is 9.92. The molecule has 1 aromatic rings. The topological polar surface area (TPSA) is 79.6 Å². The fraction of sp³-hybridized carbons (Fsp3) is 0.333. The van der Waals surface area contributed by atoms with E-state index in [1.54, 1.807) is 0 Å². The minimum absolute atomic E-state index is 0.487. The van der Waals surface area contributed by atoms with Crippen LogP contribution in [0.2, 0.25) is 0 Å². The van der Waals surface area contributed by atoms with Crippen molar-refractivity contribution in [2.75, 3.05) is 12.3 Å². The van der Waals surface area contributed by atoms with Crippen LogP contribution in [0.25, 0.3) is 22.6 Å². The summed E-state index contributed by atoms with van der Waals surface area (Å²) in [4.78, 5) is 12.8. The van der Waals surface area contributed by atoms with Crippen LogP contribution in [-0.2, 0) is 0 Å². The SMILES string of the molecule is CC1CC(c2ncc3nc(-c4cccc(N)c4)cc-3[nH]2)CCN1. The molecule has 3 aliphatic heterocycles. The molecule has 4 N–H and O–H groups in total. The number of hydrogen-bond donors (Lipinski definition) is 3. The molecule has 0 amide bonds. The Balaban J connectivity index is 1.69. The molecule has 23 heavy (non-hydrogen) atoms. The lowest BCUT2D eigenvalue weighted by Crippen LogP contribution is -2.35. The van der Waals surface area contributed by atoms with Gasteiger partial charge in [0.1, 0.15) is 11.5 Å². The molecule has 2 atom stereocenters. The zero-order valence-electron chi connectivity index (χ0n) is 13.2. The van der Waals surface area contributed by atoms with Crippen molar-refractivity contribution in [2.45, 2.75) is 31.7 Å². The minimum Gasteiger partial charge on any atom is -0.399 e. The maximum atomic E-state index is 5.87. The van der Waals surface area contributed by atoms with E-state index in [-0.39, 0.29) is 0 Å². The van der Waals surface area contributed by atoms with Crippen molar-refractivity contribution in [1.82, 2.24) is 20.3 Å². The quantitative estimate of drug-likeness (QED) is 0.636. The summed E-state index contributed by atoms with van der Waals surface area (Å²) in [6, 6.07) is 10.4. The van der Waals surface area contributed by atoms with E-state index in [1.165, 1.54) is 0 Å². The number of aromatic nitrogens is 3. The van der Waals surface area contributed by atoms with Crippen molar-refractivity contribution < 1.29 is 0 Å². The summed E-state index contributed by atoms with van der Waals surface area (Å²) in [5.41, 5.74) is 10.5. The van der Waals surface area contributed by atoms with E-state index in [2.05, 4.69) is 33.3 Å². The van der Waals surface area contributed by atoms with Crippen LogP contribution in [0, 0.1) is 0 Å². The van der Waals surface area contributed by atoms with Crippen molar-refractivity contribution >= 4 is 5.69 Å². The van der Waals surface area contributed by atoms with Crippen molar-refractivity contribution in [3.8, 4) is 22.6 Å². The fourth-order valence-corrected chi connectivity index (χ4v) is 3.37. The highest BCUT2D eigenvalue weighted by Gasteiger charge is 2.23. The van der Waals surface area contributed by atoms with E-state index < -0.39 is 0 Å². The van der Waals surface area contributed by atoms with Crippen molar-refractivity contribution in [3.63, 3.8) is 0 Å². The van der Waals surface area contributed by atoms with Crippen LogP contribution in [0.15, 0.2) is 36.5 Å². The number of piperidine rings is 1. The second-order valence-corrected chi connectivity index (χ2v) is 6.41. The van der Waals surface area contributed by atoms with Gasteiger partial charge < -0.3 is 16.0 Å². The number of rotatable bonds is 2. The zero-order chi connectivity index (χ0) is 15.8. The summed E-state index contributed by atoms with van der Waals surface area (Å²) < 4.78 is 0. The van der Waals surface area contributed by atoms with Crippen LogP contribution in [0.3, 0.4) is 0 Å². The molecular weight excluding hydrogens is 286 g/mol. The van der Waals surface area contributed by atoms with Gasteiger partial charge in [-0.1, -0.05) is 12.1 Å². The maximum Gasteiger partial charge on any atom is 0.109 e. The molecule has 3 heterocycles. The Morgan fingerprint density at radius 1 is 1.22 bits per heavy atom.